The van der Waals surface area contributed by atoms with Gasteiger partial charge in [-0.3, -0.25) is 0 Å². The number of hydrogen-bond donors (Lipinski definition) is 1. The summed E-state index contributed by atoms with van der Waals surface area (Å²) in [5.41, 5.74) is 7.00. The highest BCUT2D eigenvalue weighted by Gasteiger charge is 2.40. The lowest BCUT2D eigenvalue weighted by Crippen LogP contribution is -2.44. The highest BCUT2D eigenvalue weighted by Crippen LogP contribution is 2.43. The van der Waals surface area contributed by atoms with Crippen LogP contribution in [0, 0.1) is 17.6 Å². The van der Waals surface area contributed by atoms with Gasteiger partial charge in [-0.25, -0.2) is 8.78 Å². The van der Waals surface area contributed by atoms with Crippen LogP contribution in [0.15, 0.2) is 18.2 Å². The zero-order valence-electron chi connectivity index (χ0n) is 12.3. The molecule has 2 unspecified atom stereocenters. The van der Waals surface area contributed by atoms with Crippen molar-refractivity contribution in [3.05, 3.63) is 35.4 Å². The van der Waals surface area contributed by atoms with E-state index < -0.39 is 11.6 Å². The number of nitrogens with two attached hydrogens (primary N) is 1. The Hall–Kier alpha value is -1.00. The molecule has 1 aliphatic carbocycles. The fraction of sp³-hybridized carbons (Fsp3) is 0.647. The zero-order valence-corrected chi connectivity index (χ0v) is 12.3. The van der Waals surface area contributed by atoms with Gasteiger partial charge in [0.25, 0.3) is 0 Å². The molecule has 1 aliphatic heterocycles. The molecule has 0 radical (unpaired) electrons. The summed E-state index contributed by atoms with van der Waals surface area (Å²) in [6, 6.07) is 3.76. The first kappa shape index (κ1) is 14.9. The highest BCUT2D eigenvalue weighted by molar-refractivity contribution is 5.22. The van der Waals surface area contributed by atoms with Crippen LogP contribution in [0.3, 0.4) is 0 Å². The zero-order chi connectivity index (χ0) is 14.9. The maximum Gasteiger partial charge on any atom is 0.159 e. The summed E-state index contributed by atoms with van der Waals surface area (Å²) >= 11 is 0. The minimum Gasteiger partial charge on any atom is -0.375 e. The van der Waals surface area contributed by atoms with Crippen molar-refractivity contribution >= 4 is 0 Å². The Morgan fingerprint density at radius 1 is 1.14 bits per heavy atom. The lowest BCUT2D eigenvalue weighted by molar-refractivity contribution is -0.120. The van der Waals surface area contributed by atoms with Crippen LogP contribution in [0.1, 0.15) is 56.6 Å². The molecule has 4 heteroatoms. The Morgan fingerprint density at radius 2 is 1.90 bits per heavy atom. The molecule has 2 aliphatic rings. The van der Waals surface area contributed by atoms with Gasteiger partial charge in [-0.15, -0.1) is 0 Å². The topological polar surface area (TPSA) is 35.2 Å². The first-order valence-electron chi connectivity index (χ1n) is 7.94. The molecule has 1 saturated heterocycles. The van der Waals surface area contributed by atoms with Crippen molar-refractivity contribution in [2.24, 2.45) is 11.7 Å². The fourth-order valence-corrected chi connectivity index (χ4v) is 3.91. The minimum atomic E-state index is -0.818. The molecule has 1 spiro atoms. The predicted octanol–water partition coefficient (Wildman–Crippen LogP) is 4.09. The number of benzene rings is 1. The molecule has 3 rings (SSSR count). The Labute approximate surface area is 124 Å². The lowest BCUT2D eigenvalue weighted by Gasteiger charge is -2.45. The third-order valence-corrected chi connectivity index (χ3v) is 5.13. The number of hydrogen-bond acceptors (Lipinski definition) is 2. The second kappa shape index (κ2) is 6.01. The summed E-state index contributed by atoms with van der Waals surface area (Å²) in [6.45, 7) is 0.724. The molecule has 2 atom stereocenters. The molecule has 0 bridgehead atoms. The summed E-state index contributed by atoms with van der Waals surface area (Å²) in [4.78, 5) is 0. The third kappa shape index (κ3) is 3.11. The standard InChI is InChI=1S/C17H23F2NO/c18-14-5-4-12(10-15(14)19)16(20)13-6-9-21-17(11-13)7-2-1-3-8-17/h4-5,10,13,16H,1-3,6-9,11,20H2. The van der Waals surface area contributed by atoms with Crippen molar-refractivity contribution in [2.45, 2.75) is 56.6 Å². The van der Waals surface area contributed by atoms with Gasteiger partial charge in [0.1, 0.15) is 0 Å². The van der Waals surface area contributed by atoms with Crippen LogP contribution in [0.4, 0.5) is 8.78 Å². The molecule has 2 fully saturated rings. The molecule has 1 aromatic carbocycles. The summed E-state index contributed by atoms with van der Waals surface area (Å²) in [7, 11) is 0. The largest absolute Gasteiger partial charge is 0.375 e. The van der Waals surface area contributed by atoms with Crippen molar-refractivity contribution in [3.63, 3.8) is 0 Å². The molecular formula is C17H23F2NO. The summed E-state index contributed by atoms with van der Waals surface area (Å²) in [6.07, 6.45) is 7.75. The molecule has 0 amide bonds. The minimum absolute atomic E-state index is 0.0165. The van der Waals surface area contributed by atoms with Gasteiger partial charge in [0, 0.05) is 12.6 Å². The van der Waals surface area contributed by atoms with E-state index in [1.54, 1.807) is 6.07 Å². The second-order valence-electron chi connectivity index (χ2n) is 6.54. The molecule has 2 N–H and O–H groups in total. The fourth-order valence-electron chi connectivity index (χ4n) is 3.91. The lowest BCUT2D eigenvalue weighted by atomic mass is 9.73. The summed E-state index contributed by atoms with van der Waals surface area (Å²) < 4.78 is 32.5. The van der Waals surface area contributed by atoms with Crippen molar-refractivity contribution < 1.29 is 13.5 Å². The van der Waals surface area contributed by atoms with E-state index in [0.717, 1.165) is 32.3 Å². The van der Waals surface area contributed by atoms with E-state index in [4.69, 9.17) is 10.5 Å². The van der Waals surface area contributed by atoms with Gasteiger partial charge >= 0.3 is 0 Å². The molecule has 1 aromatic rings. The monoisotopic (exact) mass is 295 g/mol. The smallest absolute Gasteiger partial charge is 0.159 e. The van der Waals surface area contributed by atoms with E-state index in [1.807, 2.05) is 0 Å². The first-order chi connectivity index (χ1) is 10.1. The Morgan fingerprint density at radius 3 is 2.62 bits per heavy atom. The van der Waals surface area contributed by atoms with Crippen molar-refractivity contribution in [2.75, 3.05) is 6.61 Å². The average Bonchev–Trinajstić information content (AvgIpc) is 2.50. The highest BCUT2D eigenvalue weighted by atomic mass is 19.2. The quantitative estimate of drug-likeness (QED) is 0.891. The normalized spacial score (nSPS) is 26.7. The van der Waals surface area contributed by atoms with Crippen molar-refractivity contribution in [3.8, 4) is 0 Å². The Bertz CT molecular complexity index is 494. The van der Waals surface area contributed by atoms with Gasteiger partial charge in [0.2, 0.25) is 0 Å². The SMILES string of the molecule is NC(c1ccc(F)c(F)c1)C1CCOC2(CCCCC2)C1. The van der Waals surface area contributed by atoms with Gasteiger partial charge in [-0.05, 0) is 49.3 Å². The molecule has 2 nitrogen and oxygen atoms in total. The van der Waals surface area contributed by atoms with E-state index in [2.05, 4.69) is 0 Å². The molecule has 116 valence electrons. The summed E-state index contributed by atoms with van der Waals surface area (Å²) in [5, 5.41) is 0. The number of rotatable bonds is 2. The van der Waals surface area contributed by atoms with E-state index in [9.17, 15) is 8.78 Å². The van der Waals surface area contributed by atoms with Gasteiger partial charge < -0.3 is 10.5 Å². The van der Waals surface area contributed by atoms with Crippen LogP contribution >= 0.6 is 0 Å². The molecule has 21 heavy (non-hydrogen) atoms. The van der Waals surface area contributed by atoms with Crippen LogP contribution in [0.25, 0.3) is 0 Å². The first-order valence-corrected chi connectivity index (χ1v) is 7.94. The van der Waals surface area contributed by atoms with E-state index >= 15 is 0 Å². The van der Waals surface area contributed by atoms with Gasteiger partial charge in [-0.1, -0.05) is 25.3 Å². The van der Waals surface area contributed by atoms with Crippen LogP contribution in [-0.2, 0) is 4.74 Å². The Kier molecular flexibility index (Phi) is 4.27. The maximum atomic E-state index is 13.4. The molecule has 0 aromatic heterocycles. The van der Waals surface area contributed by atoms with Crippen molar-refractivity contribution in [1.29, 1.82) is 0 Å². The average molecular weight is 295 g/mol. The van der Waals surface area contributed by atoms with E-state index in [-0.39, 0.29) is 17.6 Å². The van der Waals surface area contributed by atoms with Crippen molar-refractivity contribution in [1.82, 2.24) is 0 Å². The maximum absolute atomic E-state index is 13.4. The van der Waals surface area contributed by atoms with Crippen LogP contribution in [-0.4, -0.2) is 12.2 Å². The molecular weight excluding hydrogens is 272 g/mol. The third-order valence-electron chi connectivity index (χ3n) is 5.13. The van der Waals surface area contributed by atoms with Gasteiger partial charge in [-0.2, -0.15) is 0 Å². The van der Waals surface area contributed by atoms with Crippen LogP contribution in [0.2, 0.25) is 0 Å². The Balaban J connectivity index is 1.74. The van der Waals surface area contributed by atoms with Crippen LogP contribution in [0.5, 0.6) is 0 Å². The number of halogens is 2. The summed E-state index contributed by atoms with van der Waals surface area (Å²) in [5.74, 6) is -1.36. The van der Waals surface area contributed by atoms with Gasteiger partial charge in [0.05, 0.1) is 5.60 Å². The van der Waals surface area contributed by atoms with Gasteiger partial charge in [0.15, 0.2) is 11.6 Å². The second-order valence-corrected chi connectivity index (χ2v) is 6.54. The van der Waals surface area contributed by atoms with E-state index in [0.29, 0.717) is 5.56 Å². The molecule has 1 saturated carbocycles. The molecule has 1 heterocycles. The number of ether oxygens (including phenoxy) is 1. The van der Waals surface area contributed by atoms with Crippen LogP contribution < -0.4 is 5.73 Å². The predicted molar refractivity (Wildman–Crippen MR) is 77.8 cm³/mol. The van der Waals surface area contributed by atoms with E-state index in [1.165, 1.54) is 31.4 Å².